The lowest BCUT2D eigenvalue weighted by Crippen LogP contribution is -2.67. The summed E-state index contributed by atoms with van der Waals surface area (Å²) in [5.74, 6) is -6.70. The van der Waals surface area contributed by atoms with Crippen molar-refractivity contribution in [3.05, 3.63) is 68.8 Å². The number of carbonyl (C=O) groups excluding carboxylic acids is 8. The zero-order valence-corrected chi connectivity index (χ0v) is 48.5. The number of fused-ring (bicyclic) bond motifs is 8. The van der Waals surface area contributed by atoms with Crippen LogP contribution in [0.2, 0.25) is 0 Å². The number of allylic oxidation sites excluding steroid dienone is 1. The Labute approximate surface area is 473 Å². The number of aryl methyl sites for hydroxylation is 3. The van der Waals surface area contributed by atoms with E-state index in [0.717, 1.165) is 110 Å². The van der Waals surface area contributed by atoms with E-state index in [9.17, 15) is 38.4 Å². The van der Waals surface area contributed by atoms with Crippen molar-refractivity contribution >= 4 is 81.5 Å². The molecule has 24 nitrogen and oxygen atoms in total. The van der Waals surface area contributed by atoms with Crippen LogP contribution in [0.5, 0.6) is 0 Å². The van der Waals surface area contributed by atoms with Gasteiger partial charge in [-0.1, -0.05) is 13.8 Å². The average molecular weight is 1150 g/mol. The van der Waals surface area contributed by atoms with Crippen LogP contribution in [0.15, 0.2) is 18.2 Å². The van der Waals surface area contributed by atoms with Gasteiger partial charge in [-0.3, -0.25) is 43.3 Å². The third-order valence-electron chi connectivity index (χ3n) is 14.7. The molecule has 0 unspecified atom stereocenters. The second-order valence-corrected chi connectivity index (χ2v) is 20.6. The van der Waals surface area contributed by atoms with Crippen molar-refractivity contribution in [2.24, 2.45) is 0 Å². The summed E-state index contributed by atoms with van der Waals surface area (Å²) in [7, 11) is 1.36. The molecule has 82 heavy (non-hydrogen) atoms. The van der Waals surface area contributed by atoms with Crippen LogP contribution >= 0.6 is 0 Å². The second-order valence-electron chi connectivity index (χ2n) is 20.6. The highest BCUT2D eigenvalue weighted by Crippen LogP contribution is 2.43. The lowest BCUT2D eigenvalue weighted by atomic mass is 9.86. The molecule has 0 spiro atoms. The summed E-state index contributed by atoms with van der Waals surface area (Å²) in [5, 5.41) is 0. The smallest absolute Gasteiger partial charge is 0.305 e. The molecule has 444 valence electrons. The van der Waals surface area contributed by atoms with Crippen molar-refractivity contribution in [3.63, 3.8) is 0 Å². The molecule has 0 saturated carbocycles. The summed E-state index contributed by atoms with van der Waals surface area (Å²) in [6, 6.07) is 5.95. The molecule has 4 aliphatic rings. The minimum absolute atomic E-state index is 0.157. The van der Waals surface area contributed by atoms with Crippen LogP contribution in [0.4, 0.5) is 0 Å². The first-order valence-corrected chi connectivity index (χ1v) is 27.0. The molecular weight excluding hydrogens is 1070 g/mol. The maximum absolute atomic E-state index is 13.2. The van der Waals surface area contributed by atoms with E-state index in [4.69, 9.17) is 66.8 Å². The molecule has 0 aliphatic carbocycles. The number of hydrogen-bond donors (Lipinski definition) is 2. The van der Waals surface area contributed by atoms with E-state index in [2.05, 4.69) is 29.9 Å². The second kappa shape index (κ2) is 26.6. The Bertz CT molecular complexity index is 3180. The summed E-state index contributed by atoms with van der Waals surface area (Å²) < 4.78 is 70.4. The van der Waals surface area contributed by atoms with Gasteiger partial charge < -0.3 is 66.8 Å². The van der Waals surface area contributed by atoms with Gasteiger partial charge in [-0.2, -0.15) is 0 Å². The van der Waals surface area contributed by atoms with Crippen LogP contribution in [-0.4, -0.2) is 149 Å². The van der Waals surface area contributed by atoms with E-state index in [1.807, 2.05) is 45.9 Å². The Hall–Kier alpha value is -7.54. The van der Waals surface area contributed by atoms with E-state index in [1.54, 1.807) is 0 Å². The third-order valence-corrected chi connectivity index (χ3v) is 14.7. The standard InChI is InChI=1S/C58H72N4O20/c1-15-37-26(3)43-21-46-39(28(5)42(61-46)20-44-27(4)38(16-17-49(70)71-14)50(62-44)29(6)41-18-25(2)40(59-41)19-45(37)60-43)22-74-57-55(78-35(12)68)54(77-34(11)67)52(48(80-57)24-73-31(8)64)82-58-56(79-36(13)69)53(76-33(10)66)51(75-32(9)65)47(81-58)23-72-30(7)63/h18-21,27,38,47-48,51-58,60-61H,15-17,22-24H2,1-14H3/t27-,38-,47+,48+,51+,52+,53-,54-,55+,56+,57+,58+/m0/s1. The van der Waals surface area contributed by atoms with Gasteiger partial charge in [0.1, 0.15) is 31.5 Å². The first-order valence-electron chi connectivity index (χ1n) is 27.0. The topological polar surface area (TPSA) is 305 Å². The Balaban J connectivity index is 1.37. The van der Waals surface area contributed by atoms with Crippen LogP contribution in [-0.2, 0) is 108 Å². The SMILES string of the molecule is CCc1c(C)c2cc3[nH]c(cc4nc(c(C)c5nc(cc1[nH]2)C(C)=C5)[C@@H](CCC(=O)OC)[C@@H]4C)c(C)c3CO[C@@H]1O[C@H](COC(C)=O)[C@@H](O[C@H]2O[C@H](COC(C)=O)[C@@H](OC(C)=O)[C@H](OC(C)=O)[C@H]2OC(C)=O)[C@H](OC(C)=O)[C@H]1OC(C)=O. The monoisotopic (exact) mass is 1140 g/mol. The van der Waals surface area contributed by atoms with E-state index in [-0.39, 0.29) is 30.8 Å². The number of hydrogen-bond acceptors (Lipinski definition) is 22. The summed E-state index contributed by atoms with van der Waals surface area (Å²) in [4.78, 5) is 119. The number of nitrogens with one attached hydrogen (secondary N) is 2. The number of aromatic nitrogens is 4. The Kier molecular flexibility index (Phi) is 20.1. The highest BCUT2D eigenvalue weighted by atomic mass is 16.8. The van der Waals surface area contributed by atoms with E-state index >= 15 is 0 Å². The fraction of sp³-hybridized carbons (Fsp3) is 0.552. The molecule has 0 aromatic carbocycles. The van der Waals surface area contributed by atoms with Crippen LogP contribution in [0.3, 0.4) is 0 Å². The number of nitrogens with zero attached hydrogens (tertiary/aromatic N) is 2. The van der Waals surface area contributed by atoms with Crippen molar-refractivity contribution in [2.75, 3.05) is 20.3 Å². The fourth-order valence-corrected chi connectivity index (χ4v) is 10.8. The molecule has 2 saturated heterocycles. The fourth-order valence-electron chi connectivity index (χ4n) is 10.8. The Morgan fingerprint density at radius 3 is 1.63 bits per heavy atom. The van der Waals surface area contributed by atoms with Gasteiger partial charge >= 0.3 is 47.8 Å². The zero-order valence-electron chi connectivity index (χ0n) is 48.5. The highest BCUT2D eigenvalue weighted by molar-refractivity contribution is 5.85. The summed E-state index contributed by atoms with van der Waals surface area (Å²) in [6.45, 7) is 18.2. The van der Waals surface area contributed by atoms with Crippen LogP contribution in [0.1, 0.15) is 145 Å². The number of aromatic amines is 2. The van der Waals surface area contributed by atoms with Crippen molar-refractivity contribution in [3.8, 4) is 0 Å². The van der Waals surface area contributed by atoms with Gasteiger partial charge in [-0.15, -0.1) is 0 Å². The van der Waals surface area contributed by atoms with Crippen LogP contribution in [0.25, 0.3) is 33.7 Å². The van der Waals surface area contributed by atoms with Gasteiger partial charge in [0.25, 0.3) is 0 Å². The molecule has 12 atom stereocenters. The molecule has 3 aromatic rings. The molecule has 24 heteroatoms. The Morgan fingerprint density at radius 1 is 0.573 bits per heavy atom. The van der Waals surface area contributed by atoms with Crippen molar-refractivity contribution < 1.29 is 95.2 Å². The van der Waals surface area contributed by atoms with Gasteiger partial charge in [0.05, 0.1) is 25.1 Å². The van der Waals surface area contributed by atoms with Crippen molar-refractivity contribution in [1.82, 2.24) is 19.9 Å². The maximum atomic E-state index is 13.2. The van der Waals surface area contributed by atoms with Crippen LogP contribution in [0, 0.1) is 20.8 Å². The Morgan fingerprint density at radius 2 is 1.07 bits per heavy atom. The maximum Gasteiger partial charge on any atom is 0.305 e. The lowest BCUT2D eigenvalue weighted by Gasteiger charge is -2.48. The number of methoxy groups -OCH3 is 1. The average Bonchev–Trinajstić information content (AvgIpc) is 4.20. The van der Waals surface area contributed by atoms with Gasteiger partial charge in [0.15, 0.2) is 43.1 Å². The summed E-state index contributed by atoms with van der Waals surface area (Å²) in [5.41, 5.74) is 11.3. The molecule has 3 aromatic heterocycles. The van der Waals surface area contributed by atoms with Crippen LogP contribution < -0.4 is 0 Å². The normalized spacial score (nSPS) is 25.0. The molecule has 0 radical (unpaired) electrons. The van der Waals surface area contributed by atoms with Gasteiger partial charge in [0, 0.05) is 106 Å². The number of esters is 8. The molecule has 8 bridgehead atoms. The highest BCUT2D eigenvalue weighted by Gasteiger charge is 2.58. The summed E-state index contributed by atoms with van der Waals surface area (Å²) in [6.07, 6.45) is -13.1. The predicted octanol–water partition coefficient (Wildman–Crippen LogP) is 6.34. The zero-order chi connectivity index (χ0) is 60.0. The molecule has 7 rings (SSSR count). The number of ether oxygens (including phenoxy) is 12. The van der Waals surface area contributed by atoms with Crippen molar-refractivity contribution in [1.29, 1.82) is 0 Å². The van der Waals surface area contributed by atoms with Gasteiger partial charge in [0.2, 0.25) is 0 Å². The first kappa shape index (κ1) is 62.1. The quantitative estimate of drug-likeness (QED) is 0.104. The number of H-pyrrole nitrogens is 2. The number of rotatable bonds is 18. The first-order chi connectivity index (χ1) is 38.8. The number of carbonyl (C=O) groups is 8. The molecule has 2 N–H and O–H groups in total. The summed E-state index contributed by atoms with van der Waals surface area (Å²) >= 11 is 0. The molecule has 7 heterocycles. The molecule has 2 fully saturated rings. The lowest BCUT2D eigenvalue weighted by molar-refractivity contribution is -0.362. The van der Waals surface area contributed by atoms with E-state index in [1.165, 1.54) is 7.11 Å². The largest absolute Gasteiger partial charge is 0.469 e. The van der Waals surface area contributed by atoms with Gasteiger partial charge in [-0.05, 0) is 92.6 Å². The van der Waals surface area contributed by atoms with E-state index in [0.29, 0.717) is 29.4 Å². The van der Waals surface area contributed by atoms with Crippen molar-refractivity contribution in [2.45, 2.75) is 189 Å². The minimum Gasteiger partial charge on any atom is -0.469 e. The van der Waals surface area contributed by atoms with Gasteiger partial charge in [-0.25, -0.2) is 4.98 Å². The molecule has 4 aliphatic heterocycles. The third kappa shape index (κ3) is 14.4. The predicted molar refractivity (Wildman–Crippen MR) is 289 cm³/mol. The van der Waals surface area contributed by atoms with E-state index < -0.39 is 116 Å². The minimum atomic E-state index is -1.87. The molecule has 0 amide bonds. The molecular formula is C58H72N4O20.